The second-order valence-electron chi connectivity index (χ2n) is 13.4. The van der Waals surface area contributed by atoms with Gasteiger partial charge in [0.15, 0.2) is 11.6 Å². The van der Waals surface area contributed by atoms with Gasteiger partial charge in [-0.25, -0.2) is 0 Å². The topological polar surface area (TPSA) is 27.7 Å². The summed E-state index contributed by atoms with van der Waals surface area (Å²) in [5.41, 5.74) is 3.60. The first kappa shape index (κ1) is 25.1. The van der Waals surface area contributed by atoms with Crippen molar-refractivity contribution in [3.63, 3.8) is 0 Å². The average molecular weight is 479 g/mol. The van der Waals surface area contributed by atoms with E-state index in [9.17, 15) is 0 Å². The summed E-state index contributed by atoms with van der Waals surface area (Å²) in [5, 5.41) is -0.423. The molecule has 9 atom stereocenters. The minimum Gasteiger partial charge on any atom is -0.342 e. The molecule has 0 aromatic heterocycles. The lowest BCUT2D eigenvalue weighted by molar-refractivity contribution is -0.542. The standard InChI is InChI=1S/C27H44O3P2/c1-16-25(10)27(32,23(8)15-24(9,29-25)30-26(16,11)28-23)19-13-12-17(21(2,3)4)14-18(19)20(31)22(5,6)7/h12-14,16,20H,15,31-32H2,1-11H3. The lowest BCUT2D eigenvalue weighted by atomic mass is 9.56. The quantitative estimate of drug-likeness (QED) is 0.425. The third-order valence-electron chi connectivity index (χ3n) is 8.77. The minimum absolute atomic E-state index is 0.0571. The maximum Gasteiger partial charge on any atom is 0.175 e. The van der Waals surface area contributed by atoms with Crippen LogP contribution in [-0.4, -0.2) is 22.8 Å². The fraction of sp³-hybridized carbons (Fsp3) is 0.778. The van der Waals surface area contributed by atoms with Crippen molar-refractivity contribution in [2.24, 2.45) is 11.3 Å². The van der Waals surface area contributed by atoms with Crippen LogP contribution in [0.3, 0.4) is 0 Å². The molecule has 1 aromatic rings. The first-order valence-electron chi connectivity index (χ1n) is 12.0. The molecule has 0 amide bonds. The van der Waals surface area contributed by atoms with Crippen molar-refractivity contribution in [3.8, 4) is 0 Å². The van der Waals surface area contributed by atoms with Crippen molar-refractivity contribution < 1.29 is 14.2 Å². The molecule has 0 spiro atoms. The molecule has 180 valence electrons. The van der Waals surface area contributed by atoms with Gasteiger partial charge in [-0.15, -0.1) is 18.5 Å². The molecule has 32 heavy (non-hydrogen) atoms. The van der Waals surface area contributed by atoms with Gasteiger partial charge in [-0.2, -0.15) is 0 Å². The summed E-state index contributed by atoms with van der Waals surface area (Å²) >= 11 is 0. The molecule has 4 bridgehead atoms. The Bertz CT molecular complexity index is 949. The summed E-state index contributed by atoms with van der Waals surface area (Å²) in [6, 6.07) is 7.11. The van der Waals surface area contributed by atoms with Crippen LogP contribution in [0, 0.1) is 11.3 Å². The van der Waals surface area contributed by atoms with Crippen LogP contribution in [0.2, 0.25) is 0 Å². The van der Waals surface area contributed by atoms with Gasteiger partial charge in [0.2, 0.25) is 0 Å². The Morgan fingerprint density at radius 1 is 0.969 bits per heavy atom. The summed E-state index contributed by atoms with van der Waals surface area (Å²) in [6.45, 7) is 24.8. The molecular weight excluding hydrogens is 434 g/mol. The first-order valence-corrected chi connectivity index (χ1v) is 13.3. The third kappa shape index (κ3) is 3.18. The van der Waals surface area contributed by atoms with E-state index in [2.05, 4.69) is 113 Å². The smallest absolute Gasteiger partial charge is 0.175 e. The van der Waals surface area contributed by atoms with Crippen LogP contribution in [0.25, 0.3) is 0 Å². The maximum atomic E-state index is 6.90. The molecule has 3 nitrogen and oxygen atoms in total. The second kappa shape index (κ2) is 6.79. The van der Waals surface area contributed by atoms with Gasteiger partial charge in [0.1, 0.15) is 0 Å². The number of hydrogen-bond acceptors (Lipinski definition) is 3. The predicted octanol–water partition coefficient (Wildman–Crippen LogP) is 7.08. The molecule has 4 fully saturated rings. The van der Waals surface area contributed by atoms with Crippen LogP contribution in [0.5, 0.6) is 0 Å². The molecule has 0 radical (unpaired) electrons. The summed E-state index contributed by atoms with van der Waals surface area (Å²) < 4.78 is 20.2. The van der Waals surface area contributed by atoms with Crippen molar-refractivity contribution in [2.75, 3.05) is 0 Å². The van der Waals surface area contributed by atoms with E-state index in [1.165, 1.54) is 16.7 Å². The normalized spacial score (nSPS) is 44.7. The van der Waals surface area contributed by atoms with Crippen molar-refractivity contribution in [1.82, 2.24) is 0 Å². The lowest BCUT2D eigenvalue weighted by Gasteiger charge is -2.76. The van der Waals surface area contributed by atoms with E-state index in [-0.39, 0.29) is 16.7 Å². The van der Waals surface area contributed by atoms with Crippen LogP contribution in [0.15, 0.2) is 18.2 Å². The Balaban J connectivity index is 2.01. The number of hydrogen-bond donors (Lipinski definition) is 0. The van der Waals surface area contributed by atoms with E-state index in [1.807, 2.05) is 0 Å². The zero-order valence-corrected chi connectivity index (χ0v) is 24.3. The van der Waals surface area contributed by atoms with E-state index >= 15 is 0 Å². The van der Waals surface area contributed by atoms with Gasteiger partial charge in [0, 0.05) is 18.0 Å². The monoisotopic (exact) mass is 478 g/mol. The molecule has 0 saturated carbocycles. The lowest BCUT2D eigenvalue weighted by Crippen LogP contribution is -2.85. The van der Waals surface area contributed by atoms with E-state index in [4.69, 9.17) is 14.2 Å². The Labute approximate surface area is 200 Å². The van der Waals surface area contributed by atoms with Gasteiger partial charge >= 0.3 is 0 Å². The summed E-state index contributed by atoms with van der Waals surface area (Å²) in [6.07, 6.45) is 0.693. The van der Waals surface area contributed by atoms with Gasteiger partial charge in [-0.1, -0.05) is 66.7 Å². The third-order valence-corrected chi connectivity index (χ3v) is 11.6. The SMILES string of the molecule is CC1C2(C)OC3(C)CC(C)(O2)C(P)(c2ccc(C(C)(C)C)cc2C(P)C(C)(C)C)C1(C)O3. The molecule has 0 aliphatic carbocycles. The molecule has 4 heterocycles. The summed E-state index contributed by atoms with van der Waals surface area (Å²) in [5.74, 6) is -1.24. The van der Waals surface area contributed by atoms with Gasteiger partial charge in [-0.05, 0) is 55.2 Å². The van der Waals surface area contributed by atoms with Crippen LogP contribution < -0.4 is 0 Å². The summed E-state index contributed by atoms with van der Waals surface area (Å²) in [7, 11) is 6.39. The molecule has 4 aliphatic heterocycles. The van der Waals surface area contributed by atoms with Crippen LogP contribution in [-0.2, 0) is 24.8 Å². The molecule has 1 aromatic carbocycles. The van der Waals surface area contributed by atoms with Crippen molar-refractivity contribution in [1.29, 1.82) is 0 Å². The van der Waals surface area contributed by atoms with Crippen molar-refractivity contribution in [3.05, 3.63) is 34.9 Å². The van der Waals surface area contributed by atoms with Gasteiger partial charge < -0.3 is 14.2 Å². The highest BCUT2D eigenvalue weighted by Gasteiger charge is 2.79. The molecule has 9 unspecified atom stereocenters. The molecule has 0 N–H and O–H groups in total. The van der Waals surface area contributed by atoms with E-state index in [0.717, 1.165) is 0 Å². The van der Waals surface area contributed by atoms with Crippen LogP contribution in [0.4, 0.5) is 0 Å². The fourth-order valence-corrected chi connectivity index (χ4v) is 7.69. The highest BCUT2D eigenvalue weighted by atomic mass is 31.0. The Hall–Kier alpha value is -0.0400. The second-order valence-corrected chi connectivity index (χ2v) is 14.9. The Morgan fingerprint density at radius 2 is 1.56 bits per heavy atom. The molecule has 4 aliphatic rings. The largest absolute Gasteiger partial charge is 0.342 e. The van der Waals surface area contributed by atoms with Gasteiger partial charge in [-0.3, -0.25) is 0 Å². The first-order chi connectivity index (χ1) is 14.2. The zero-order valence-electron chi connectivity index (χ0n) is 22.0. The highest BCUT2D eigenvalue weighted by Crippen LogP contribution is 2.72. The van der Waals surface area contributed by atoms with E-state index < -0.39 is 27.9 Å². The maximum absolute atomic E-state index is 6.90. The minimum atomic E-state index is -0.662. The number of rotatable bonds is 2. The molecule has 5 heteroatoms. The van der Waals surface area contributed by atoms with Crippen molar-refractivity contribution >= 4 is 18.5 Å². The number of benzene rings is 1. The Morgan fingerprint density at radius 3 is 2.09 bits per heavy atom. The van der Waals surface area contributed by atoms with E-state index in [1.54, 1.807) is 0 Å². The highest BCUT2D eigenvalue weighted by molar-refractivity contribution is 7.19. The average Bonchev–Trinajstić information content (AvgIpc) is 2.60. The van der Waals surface area contributed by atoms with Crippen molar-refractivity contribution in [2.45, 2.75) is 122 Å². The summed E-state index contributed by atoms with van der Waals surface area (Å²) in [4.78, 5) is 0. The van der Waals surface area contributed by atoms with Crippen LogP contribution >= 0.6 is 18.5 Å². The van der Waals surface area contributed by atoms with Gasteiger partial charge in [0.25, 0.3) is 0 Å². The Kier molecular flexibility index (Phi) is 5.32. The molecular formula is C27H44O3P2. The van der Waals surface area contributed by atoms with Gasteiger partial charge in [0.05, 0.1) is 16.4 Å². The predicted molar refractivity (Wildman–Crippen MR) is 139 cm³/mol. The molecule has 5 rings (SSSR count). The van der Waals surface area contributed by atoms with E-state index in [0.29, 0.717) is 12.1 Å². The fourth-order valence-electron chi connectivity index (χ4n) is 6.68. The van der Waals surface area contributed by atoms with Crippen LogP contribution in [0.1, 0.15) is 105 Å². The number of ether oxygens (including phenoxy) is 3. The molecule has 4 saturated heterocycles. The zero-order chi connectivity index (χ0) is 24.3.